The van der Waals surface area contributed by atoms with E-state index in [1.165, 1.54) is 13.0 Å². The third-order valence-electron chi connectivity index (χ3n) is 3.19. The normalized spacial score (nSPS) is 11.3. The van der Waals surface area contributed by atoms with Gasteiger partial charge in [0.25, 0.3) is 10.0 Å². The molecule has 2 aromatic rings. The number of hydrogen-bond acceptors (Lipinski definition) is 4. The maximum absolute atomic E-state index is 12.3. The summed E-state index contributed by atoms with van der Waals surface area (Å²) < 4.78 is 27.7. The van der Waals surface area contributed by atoms with Crippen LogP contribution in [0.5, 0.6) is 0 Å². The third-order valence-corrected chi connectivity index (χ3v) is 6.30. The molecule has 0 fully saturated rings. The molecule has 124 valence electrons. The Morgan fingerprint density at radius 2 is 2.04 bits per heavy atom. The number of carbonyl (C=O) groups excluding carboxylic acids is 1. The minimum absolute atomic E-state index is 0.0216. The number of carbonyl (C=O) groups is 1. The highest BCUT2D eigenvalue weighted by Gasteiger charge is 2.17. The van der Waals surface area contributed by atoms with Crippen molar-refractivity contribution in [2.75, 3.05) is 11.3 Å². The van der Waals surface area contributed by atoms with Gasteiger partial charge in [0.1, 0.15) is 4.21 Å². The molecule has 2 rings (SSSR count). The molecule has 0 saturated heterocycles. The van der Waals surface area contributed by atoms with Gasteiger partial charge in [0.15, 0.2) is 0 Å². The number of nitrogens with zero attached hydrogens (tertiary/aromatic N) is 1. The van der Waals surface area contributed by atoms with Crippen LogP contribution in [-0.4, -0.2) is 25.8 Å². The van der Waals surface area contributed by atoms with Gasteiger partial charge in [0.05, 0.1) is 4.34 Å². The summed E-state index contributed by atoms with van der Waals surface area (Å²) in [5.74, 6) is -0.0216. The quantitative estimate of drug-likeness (QED) is 0.842. The first kappa shape index (κ1) is 17.8. The number of thiophene rings is 1. The molecule has 0 aliphatic heterocycles. The Morgan fingerprint density at radius 3 is 2.61 bits per heavy atom. The maximum Gasteiger partial charge on any atom is 0.271 e. The van der Waals surface area contributed by atoms with Crippen LogP contribution in [0.2, 0.25) is 4.34 Å². The summed E-state index contributed by atoms with van der Waals surface area (Å²) in [5.41, 5.74) is 1.30. The number of nitrogens with one attached hydrogen (secondary N) is 1. The van der Waals surface area contributed by atoms with E-state index in [4.69, 9.17) is 11.6 Å². The van der Waals surface area contributed by atoms with Crippen molar-refractivity contribution in [3.05, 3.63) is 46.3 Å². The third kappa shape index (κ3) is 4.70. The molecular weight excluding hydrogens is 356 g/mol. The zero-order valence-corrected chi connectivity index (χ0v) is 15.1. The molecule has 0 unspecified atom stereocenters. The first-order valence-corrected chi connectivity index (χ1v) is 9.62. The van der Waals surface area contributed by atoms with Crippen molar-refractivity contribution < 1.29 is 13.2 Å². The van der Waals surface area contributed by atoms with Crippen molar-refractivity contribution in [3.63, 3.8) is 0 Å². The Morgan fingerprint density at radius 1 is 1.30 bits per heavy atom. The Hall–Kier alpha value is -1.57. The maximum atomic E-state index is 12.3. The Labute approximate surface area is 144 Å². The van der Waals surface area contributed by atoms with E-state index in [9.17, 15) is 13.2 Å². The van der Waals surface area contributed by atoms with Gasteiger partial charge in [0.2, 0.25) is 5.91 Å². The second-order valence-corrected chi connectivity index (χ2v) is 8.52. The molecule has 23 heavy (non-hydrogen) atoms. The highest BCUT2D eigenvalue weighted by molar-refractivity contribution is 7.94. The number of amides is 1. The number of anilines is 1. The molecule has 5 nitrogen and oxygen atoms in total. The summed E-state index contributed by atoms with van der Waals surface area (Å²) in [6.07, 6.45) is 0. The van der Waals surface area contributed by atoms with E-state index in [2.05, 4.69) is 4.72 Å². The first-order valence-electron chi connectivity index (χ1n) is 6.94. The van der Waals surface area contributed by atoms with Crippen molar-refractivity contribution in [2.24, 2.45) is 0 Å². The minimum Gasteiger partial charge on any atom is -0.339 e. The van der Waals surface area contributed by atoms with E-state index < -0.39 is 10.0 Å². The van der Waals surface area contributed by atoms with Crippen LogP contribution in [0.4, 0.5) is 5.69 Å². The fourth-order valence-electron chi connectivity index (χ4n) is 2.05. The monoisotopic (exact) mass is 372 g/mol. The topological polar surface area (TPSA) is 66.5 Å². The van der Waals surface area contributed by atoms with Gasteiger partial charge in [-0.25, -0.2) is 8.42 Å². The van der Waals surface area contributed by atoms with Crippen molar-refractivity contribution in [2.45, 2.75) is 24.6 Å². The van der Waals surface area contributed by atoms with E-state index in [-0.39, 0.29) is 10.1 Å². The highest BCUT2D eigenvalue weighted by atomic mass is 35.5. The van der Waals surface area contributed by atoms with Gasteiger partial charge in [-0.2, -0.15) is 0 Å². The van der Waals surface area contributed by atoms with Crippen LogP contribution < -0.4 is 4.72 Å². The second-order valence-electron chi connectivity index (χ2n) is 4.90. The molecular formula is C15H17ClN2O3S2. The smallest absolute Gasteiger partial charge is 0.271 e. The van der Waals surface area contributed by atoms with E-state index in [0.29, 0.717) is 23.1 Å². The molecule has 0 spiro atoms. The van der Waals surface area contributed by atoms with E-state index in [0.717, 1.165) is 16.9 Å². The predicted molar refractivity (Wildman–Crippen MR) is 93.3 cm³/mol. The summed E-state index contributed by atoms with van der Waals surface area (Å²) in [6, 6.07) is 10.0. The number of rotatable bonds is 6. The van der Waals surface area contributed by atoms with E-state index in [1.54, 1.807) is 29.2 Å². The first-order chi connectivity index (χ1) is 10.8. The minimum atomic E-state index is -3.66. The van der Waals surface area contributed by atoms with Crippen molar-refractivity contribution in [1.82, 2.24) is 4.90 Å². The Kier molecular flexibility index (Phi) is 5.67. The molecule has 1 heterocycles. The molecule has 8 heteroatoms. The van der Waals surface area contributed by atoms with Gasteiger partial charge in [-0.1, -0.05) is 23.7 Å². The predicted octanol–water partition coefficient (Wildman–Crippen LogP) is 3.57. The lowest BCUT2D eigenvalue weighted by Gasteiger charge is -2.19. The molecule has 0 aliphatic rings. The summed E-state index contributed by atoms with van der Waals surface area (Å²) in [5, 5.41) is 0. The average molecular weight is 373 g/mol. The molecule has 1 aromatic carbocycles. The molecule has 0 aliphatic carbocycles. The number of halogens is 1. The van der Waals surface area contributed by atoms with Gasteiger partial charge >= 0.3 is 0 Å². The molecule has 1 amide bonds. The lowest BCUT2D eigenvalue weighted by atomic mass is 10.2. The van der Waals surface area contributed by atoms with Crippen LogP contribution in [0.3, 0.4) is 0 Å². The molecule has 0 atom stereocenters. The van der Waals surface area contributed by atoms with Crippen LogP contribution >= 0.6 is 22.9 Å². The molecule has 1 aromatic heterocycles. The number of hydrogen-bond donors (Lipinski definition) is 1. The van der Waals surface area contributed by atoms with Crippen molar-refractivity contribution in [3.8, 4) is 0 Å². The van der Waals surface area contributed by atoms with Crippen molar-refractivity contribution >= 4 is 44.6 Å². The summed E-state index contributed by atoms with van der Waals surface area (Å²) in [6.45, 7) is 4.44. The van der Waals surface area contributed by atoms with Gasteiger partial charge < -0.3 is 4.90 Å². The fraction of sp³-hybridized carbons (Fsp3) is 0.267. The molecule has 0 bridgehead atoms. The van der Waals surface area contributed by atoms with Gasteiger partial charge in [0, 0.05) is 25.7 Å². The van der Waals surface area contributed by atoms with Crippen LogP contribution in [0, 0.1) is 0 Å². The lowest BCUT2D eigenvalue weighted by molar-refractivity contribution is -0.129. The summed E-state index contributed by atoms with van der Waals surface area (Å²) in [4.78, 5) is 13.2. The van der Waals surface area contributed by atoms with Crippen LogP contribution in [0.1, 0.15) is 19.4 Å². The van der Waals surface area contributed by atoms with Gasteiger partial charge in [-0.3, -0.25) is 9.52 Å². The second kappa shape index (κ2) is 7.33. The van der Waals surface area contributed by atoms with Crippen LogP contribution in [0.25, 0.3) is 0 Å². The largest absolute Gasteiger partial charge is 0.339 e. The van der Waals surface area contributed by atoms with Crippen LogP contribution in [0.15, 0.2) is 40.6 Å². The standard InChI is InChI=1S/C15H17ClN2O3S2/c1-3-18(11(2)19)10-12-5-4-6-13(9-12)17-23(20,21)15-8-7-14(16)22-15/h4-9,17H,3,10H2,1-2H3. The number of sulfonamides is 1. The molecule has 0 saturated carbocycles. The molecule has 1 N–H and O–H groups in total. The lowest BCUT2D eigenvalue weighted by Crippen LogP contribution is -2.27. The zero-order valence-electron chi connectivity index (χ0n) is 12.7. The van der Waals surface area contributed by atoms with E-state index >= 15 is 0 Å². The highest BCUT2D eigenvalue weighted by Crippen LogP contribution is 2.27. The fourth-order valence-corrected chi connectivity index (χ4v) is 4.58. The molecule has 0 radical (unpaired) electrons. The van der Waals surface area contributed by atoms with Gasteiger partial charge in [-0.15, -0.1) is 11.3 Å². The summed E-state index contributed by atoms with van der Waals surface area (Å²) in [7, 11) is -3.66. The van der Waals surface area contributed by atoms with E-state index in [1.807, 2.05) is 13.0 Å². The Balaban J connectivity index is 2.18. The SMILES string of the molecule is CCN(Cc1cccc(NS(=O)(=O)c2ccc(Cl)s2)c1)C(C)=O. The zero-order chi connectivity index (χ0) is 17.0. The van der Waals surface area contributed by atoms with Crippen molar-refractivity contribution in [1.29, 1.82) is 0 Å². The average Bonchev–Trinajstić information content (AvgIpc) is 2.92. The number of benzene rings is 1. The summed E-state index contributed by atoms with van der Waals surface area (Å²) >= 11 is 6.78. The van der Waals surface area contributed by atoms with Crippen LogP contribution in [-0.2, 0) is 21.4 Å². The Bertz CT molecular complexity index is 803. The van der Waals surface area contributed by atoms with Gasteiger partial charge in [-0.05, 0) is 36.8 Å².